The number of aromatic amines is 1. The van der Waals surface area contributed by atoms with Gasteiger partial charge in [-0.25, -0.2) is 0 Å². The summed E-state index contributed by atoms with van der Waals surface area (Å²) < 4.78 is 0. The average Bonchev–Trinajstić information content (AvgIpc) is 3.00. The summed E-state index contributed by atoms with van der Waals surface area (Å²) in [6, 6.07) is 7.17. The Balaban J connectivity index is 1.57. The van der Waals surface area contributed by atoms with Crippen LogP contribution < -0.4 is 5.32 Å². The number of nitrogens with zero attached hydrogens (tertiary/aromatic N) is 1. The van der Waals surface area contributed by atoms with E-state index in [-0.39, 0.29) is 0 Å². The molecule has 3 nitrogen and oxygen atoms in total. The highest BCUT2D eigenvalue weighted by molar-refractivity contribution is 5.81. The van der Waals surface area contributed by atoms with Gasteiger partial charge >= 0.3 is 0 Å². The van der Waals surface area contributed by atoms with Gasteiger partial charge in [0.05, 0.1) is 11.7 Å². The first-order valence-electron chi connectivity index (χ1n) is 6.60. The molecule has 4 rings (SSSR count). The molecular weight excluding hydrogens is 210 g/mol. The molecule has 2 aromatic rings. The maximum atomic E-state index is 4.06. The van der Waals surface area contributed by atoms with Gasteiger partial charge in [-0.1, -0.05) is 12.8 Å². The third-order valence-electron chi connectivity index (χ3n) is 4.38. The quantitative estimate of drug-likeness (QED) is 0.827. The van der Waals surface area contributed by atoms with Crippen LogP contribution >= 0.6 is 0 Å². The normalized spacial score (nSPS) is 31.2. The molecule has 3 atom stereocenters. The molecule has 3 heteroatoms. The zero-order chi connectivity index (χ0) is 11.2. The van der Waals surface area contributed by atoms with Gasteiger partial charge in [-0.2, -0.15) is 5.10 Å². The Kier molecular flexibility index (Phi) is 1.95. The van der Waals surface area contributed by atoms with Crippen LogP contribution in [0.1, 0.15) is 25.7 Å². The third-order valence-corrected chi connectivity index (χ3v) is 4.38. The lowest BCUT2D eigenvalue weighted by Gasteiger charge is -2.23. The van der Waals surface area contributed by atoms with E-state index in [1.807, 2.05) is 6.20 Å². The summed E-state index contributed by atoms with van der Waals surface area (Å²) in [6.07, 6.45) is 7.54. The lowest BCUT2D eigenvalue weighted by Crippen LogP contribution is -2.25. The second-order valence-corrected chi connectivity index (χ2v) is 5.51. The van der Waals surface area contributed by atoms with Gasteiger partial charge in [-0.15, -0.1) is 0 Å². The molecule has 1 heterocycles. The van der Waals surface area contributed by atoms with Crippen molar-refractivity contribution < 1.29 is 0 Å². The molecule has 0 bridgehead atoms. The smallest absolute Gasteiger partial charge is 0.0651 e. The minimum atomic E-state index is 0.707. The Morgan fingerprint density at radius 2 is 2.29 bits per heavy atom. The van der Waals surface area contributed by atoms with Gasteiger partial charge in [0.2, 0.25) is 0 Å². The van der Waals surface area contributed by atoms with E-state index >= 15 is 0 Å². The minimum Gasteiger partial charge on any atom is -0.382 e. The SMILES string of the molecule is c1cc2[nH]ncc2cc1NC1CCCC2CC21. The number of aromatic nitrogens is 2. The molecule has 2 aliphatic rings. The minimum absolute atomic E-state index is 0.707. The highest BCUT2D eigenvalue weighted by Crippen LogP contribution is 2.50. The fourth-order valence-corrected chi connectivity index (χ4v) is 3.34. The van der Waals surface area contributed by atoms with Crippen LogP contribution in [0.5, 0.6) is 0 Å². The number of rotatable bonds is 2. The second kappa shape index (κ2) is 3.49. The molecule has 88 valence electrons. The van der Waals surface area contributed by atoms with Crippen molar-refractivity contribution in [3.63, 3.8) is 0 Å². The van der Waals surface area contributed by atoms with Gasteiger partial charge in [-0.3, -0.25) is 5.10 Å². The summed E-state index contributed by atoms with van der Waals surface area (Å²) in [5.74, 6) is 1.97. The average molecular weight is 227 g/mol. The summed E-state index contributed by atoms with van der Waals surface area (Å²) in [6.45, 7) is 0. The van der Waals surface area contributed by atoms with Crippen LogP contribution in [0.25, 0.3) is 10.9 Å². The summed E-state index contributed by atoms with van der Waals surface area (Å²) in [5.41, 5.74) is 2.36. The number of hydrogen-bond donors (Lipinski definition) is 2. The molecule has 0 radical (unpaired) electrons. The molecule has 0 amide bonds. The first kappa shape index (κ1) is 9.51. The lowest BCUT2D eigenvalue weighted by molar-refractivity contribution is 0.440. The van der Waals surface area contributed by atoms with Crippen molar-refractivity contribution in [1.82, 2.24) is 10.2 Å². The number of fused-ring (bicyclic) bond motifs is 2. The fraction of sp³-hybridized carbons (Fsp3) is 0.500. The van der Waals surface area contributed by atoms with E-state index in [2.05, 4.69) is 33.7 Å². The topological polar surface area (TPSA) is 40.7 Å². The molecule has 1 aromatic carbocycles. The van der Waals surface area contributed by atoms with Crippen molar-refractivity contribution in [2.45, 2.75) is 31.7 Å². The van der Waals surface area contributed by atoms with Crippen molar-refractivity contribution in [3.8, 4) is 0 Å². The van der Waals surface area contributed by atoms with E-state index in [0.717, 1.165) is 17.4 Å². The third kappa shape index (κ3) is 1.61. The number of H-pyrrole nitrogens is 1. The predicted molar refractivity (Wildman–Crippen MR) is 69.0 cm³/mol. The highest BCUT2D eigenvalue weighted by Gasteiger charge is 2.44. The number of benzene rings is 1. The van der Waals surface area contributed by atoms with Crippen LogP contribution in [0.4, 0.5) is 5.69 Å². The van der Waals surface area contributed by atoms with Crippen molar-refractivity contribution in [1.29, 1.82) is 0 Å². The molecule has 0 spiro atoms. The van der Waals surface area contributed by atoms with Crippen molar-refractivity contribution in [2.75, 3.05) is 5.32 Å². The second-order valence-electron chi connectivity index (χ2n) is 5.51. The van der Waals surface area contributed by atoms with E-state index < -0.39 is 0 Å². The monoisotopic (exact) mass is 227 g/mol. The maximum Gasteiger partial charge on any atom is 0.0651 e. The summed E-state index contributed by atoms with van der Waals surface area (Å²) in [5, 5.41) is 12.0. The van der Waals surface area contributed by atoms with Gasteiger partial charge in [0.25, 0.3) is 0 Å². The van der Waals surface area contributed by atoms with Gasteiger partial charge in [0.1, 0.15) is 0 Å². The van der Waals surface area contributed by atoms with Crippen LogP contribution in [0, 0.1) is 11.8 Å². The first-order chi connectivity index (χ1) is 8.40. The Morgan fingerprint density at radius 1 is 1.29 bits per heavy atom. The highest BCUT2D eigenvalue weighted by atomic mass is 15.1. The van der Waals surface area contributed by atoms with Gasteiger partial charge < -0.3 is 5.32 Å². The Hall–Kier alpha value is -1.51. The van der Waals surface area contributed by atoms with Crippen LogP contribution in [-0.4, -0.2) is 16.2 Å². The molecule has 2 saturated carbocycles. The number of nitrogens with one attached hydrogen (secondary N) is 2. The Bertz CT molecular complexity index is 545. The summed E-state index contributed by atoms with van der Waals surface area (Å²) in [4.78, 5) is 0. The first-order valence-corrected chi connectivity index (χ1v) is 6.60. The van der Waals surface area contributed by atoms with Crippen molar-refractivity contribution >= 4 is 16.6 Å². The number of hydrogen-bond acceptors (Lipinski definition) is 2. The lowest BCUT2D eigenvalue weighted by atomic mass is 9.95. The fourth-order valence-electron chi connectivity index (χ4n) is 3.34. The van der Waals surface area contributed by atoms with E-state index in [0.29, 0.717) is 6.04 Å². The molecule has 1 aromatic heterocycles. The zero-order valence-electron chi connectivity index (χ0n) is 9.82. The van der Waals surface area contributed by atoms with Crippen LogP contribution in [0.2, 0.25) is 0 Å². The van der Waals surface area contributed by atoms with Gasteiger partial charge in [0.15, 0.2) is 0 Å². The molecular formula is C14H17N3. The van der Waals surface area contributed by atoms with E-state index in [1.165, 1.54) is 36.8 Å². The molecule has 3 unspecified atom stereocenters. The molecule has 17 heavy (non-hydrogen) atoms. The molecule has 2 N–H and O–H groups in total. The predicted octanol–water partition coefficient (Wildman–Crippen LogP) is 3.16. The molecule has 2 aliphatic carbocycles. The summed E-state index contributed by atoms with van der Waals surface area (Å²) >= 11 is 0. The number of anilines is 1. The zero-order valence-corrected chi connectivity index (χ0v) is 9.82. The van der Waals surface area contributed by atoms with E-state index in [9.17, 15) is 0 Å². The van der Waals surface area contributed by atoms with Crippen molar-refractivity contribution in [3.05, 3.63) is 24.4 Å². The van der Waals surface area contributed by atoms with E-state index in [4.69, 9.17) is 0 Å². The van der Waals surface area contributed by atoms with Gasteiger partial charge in [-0.05, 0) is 42.9 Å². The van der Waals surface area contributed by atoms with Crippen molar-refractivity contribution in [2.24, 2.45) is 11.8 Å². The van der Waals surface area contributed by atoms with Crippen LogP contribution in [0.3, 0.4) is 0 Å². The molecule has 2 fully saturated rings. The standard InChI is InChI=1S/C14H17N3/c1-2-9-7-12(9)14(3-1)16-11-4-5-13-10(6-11)8-15-17-13/h4-6,8-9,12,14,16H,1-3,7H2,(H,15,17). The Morgan fingerprint density at radius 3 is 3.29 bits per heavy atom. The Labute approximate surface area is 101 Å². The molecule has 0 saturated heterocycles. The maximum absolute atomic E-state index is 4.06. The van der Waals surface area contributed by atoms with Crippen LogP contribution in [-0.2, 0) is 0 Å². The summed E-state index contributed by atoms with van der Waals surface area (Å²) in [7, 11) is 0. The van der Waals surface area contributed by atoms with Crippen LogP contribution in [0.15, 0.2) is 24.4 Å². The van der Waals surface area contributed by atoms with Gasteiger partial charge in [0, 0.05) is 17.1 Å². The molecule has 0 aliphatic heterocycles. The van der Waals surface area contributed by atoms with E-state index in [1.54, 1.807) is 0 Å². The largest absolute Gasteiger partial charge is 0.382 e.